The Balaban J connectivity index is 1.38. The molecule has 0 spiro atoms. The number of para-hydroxylation sites is 1. The third-order valence-corrected chi connectivity index (χ3v) is 11.1. The van der Waals surface area contributed by atoms with Gasteiger partial charge in [-0.05, 0) is 41.9 Å². The lowest BCUT2D eigenvalue weighted by Crippen LogP contribution is -2.43. The van der Waals surface area contributed by atoms with Crippen molar-refractivity contribution < 1.29 is 19.5 Å². The van der Waals surface area contributed by atoms with E-state index >= 15 is 0 Å². The summed E-state index contributed by atoms with van der Waals surface area (Å²) in [6, 6.07) is 19.7. The zero-order valence-corrected chi connectivity index (χ0v) is 20.7. The molecule has 0 radical (unpaired) electrons. The van der Waals surface area contributed by atoms with Crippen LogP contribution in [-0.2, 0) is 14.4 Å². The van der Waals surface area contributed by atoms with E-state index in [1.54, 1.807) is 16.3 Å². The molecule has 9 heteroatoms. The van der Waals surface area contributed by atoms with Crippen LogP contribution in [0.2, 0.25) is 0 Å². The fourth-order valence-electron chi connectivity index (χ4n) is 7.26. The van der Waals surface area contributed by atoms with Crippen molar-refractivity contribution in [2.75, 3.05) is 6.54 Å². The number of hydrogen-bond acceptors (Lipinski definition) is 6. The molecule has 0 unspecified atom stereocenters. The largest absolute Gasteiger partial charge is 0.480 e. The van der Waals surface area contributed by atoms with E-state index in [1.807, 2.05) is 48.5 Å². The highest BCUT2D eigenvalue weighted by Crippen LogP contribution is 2.68. The number of carboxylic acids is 1. The summed E-state index contributed by atoms with van der Waals surface area (Å²) in [4.78, 5) is 53.2. The summed E-state index contributed by atoms with van der Waals surface area (Å²) in [5.41, 5.74) is 1.93. The maximum absolute atomic E-state index is 13.3. The predicted octanol–water partition coefficient (Wildman–Crippen LogP) is 3.46. The molecular weight excluding hydrogens is 496 g/mol. The molecule has 7 nitrogen and oxygen atoms in total. The van der Waals surface area contributed by atoms with Crippen LogP contribution in [0.1, 0.15) is 22.8 Å². The molecule has 3 aromatic rings. The van der Waals surface area contributed by atoms with E-state index < -0.39 is 24.3 Å². The highest BCUT2D eigenvalue weighted by atomic mass is 32.2. The Morgan fingerprint density at radius 1 is 0.917 bits per heavy atom. The van der Waals surface area contributed by atoms with Gasteiger partial charge in [-0.15, -0.1) is 11.8 Å². The standard InChI is InChI=1S/C27H22N2O5S2/c30-17(31)12-28-24(32)20-15-11-16(21(20)25(28)33)22-19(15)18(13-7-3-1-4-8-13)23-26(35-22)29(27(34)36-23)14-9-5-2-6-10-14/h1-10,15-16,18-22H,11-12H2,(H,30,31)/t15-,16+,18+,19+,20+,21+,22-/m0/s1. The average Bonchev–Trinajstić information content (AvgIpc) is 3.59. The number of nitrogens with zero attached hydrogens (tertiary/aromatic N) is 2. The van der Waals surface area contributed by atoms with Gasteiger partial charge >= 0.3 is 10.8 Å². The lowest BCUT2D eigenvalue weighted by Gasteiger charge is -2.43. The van der Waals surface area contributed by atoms with Gasteiger partial charge in [0.05, 0.1) is 22.5 Å². The number of carbonyl (C=O) groups excluding carboxylic acids is 2. The fraction of sp³-hybridized carbons (Fsp3) is 0.333. The number of fused-ring (bicyclic) bond motifs is 9. The first kappa shape index (κ1) is 22.1. The Morgan fingerprint density at radius 3 is 2.22 bits per heavy atom. The number of rotatable bonds is 4. The summed E-state index contributed by atoms with van der Waals surface area (Å²) in [6.07, 6.45) is 0.782. The van der Waals surface area contributed by atoms with Crippen molar-refractivity contribution in [3.63, 3.8) is 0 Å². The van der Waals surface area contributed by atoms with Crippen molar-refractivity contribution in [2.45, 2.75) is 22.6 Å². The molecule has 1 saturated heterocycles. The second-order valence-corrected chi connectivity index (χ2v) is 12.2. The van der Waals surface area contributed by atoms with E-state index in [4.69, 9.17) is 0 Å². The number of likely N-dealkylation sites (tertiary alicyclic amines) is 1. The van der Waals surface area contributed by atoms with Crippen molar-refractivity contribution in [3.05, 3.63) is 80.8 Å². The SMILES string of the molecule is O=C(O)CN1C(=O)[C@@H]2[C@H]3C[C@@H]([C@@H]4Sc5c(sc(=O)n5-c5ccccc5)[C@H](c5ccccc5)[C@@H]34)[C@H]2C1=O. The number of imide groups is 1. The van der Waals surface area contributed by atoms with Gasteiger partial charge in [0.15, 0.2) is 0 Å². The zero-order chi connectivity index (χ0) is 24.7. The maximum Gasteiger partial charge on any atom is 0.323 e. The number of benzene rings is 2. The van der Waals surface area contributed by atoms with E-state index in [9.17, 15) is 24.3 Å². The smallest absolute Gasteiger partial charge is 0.323 e. The summed E-state index contributed by atoms with van der Waals surface area (Å²) < 4.78 is 1.79. The molecule has 7 rings (SSSR count). The Bertz CT molecular complexity index is 1470. The molecule has 2 saturated carbocycles. The highest BCUT2D eigenvalue weighted by molar-refractivity contribution is 8.00. The third kappa shape index (κ3) is 2.93. The molecule has 36 heavy (non-hydrogen) atoms. The highest BCUT2D eigenvalue weighted by Gasteiger charge is 2.69. The molecule has 2 amide bonds. The fourth-order valence-corrected chi connectivity index (χ4v) is 10.4. The van der Waals surface area contributed by atoms with Gasteiger partial charge in [-0.3, -0.25) is 28.6 Å². The van der Waals surface area contributed by atoms with E-state index in [0.717, 1.165) is 32.5 Å². The molecule has 2 aromatic carbocycles. The van der Waals surface area contributed by atoms with Crippen LogP contribution in [0.15, 0.2) is 70.5 Å². The van der Waals surface area contributed by atoms with Crippen molar-refractivity contribution >= 4 is 40.9 Å². The average molecular weight is 519 g/mol. The summed E-state index contributed by atoms with van der Waals surface area (Å²) in [6.45, 7) is -0.574. The van der Waals surface area contributed by atoms with Gasteiger partial charge in [-0.25, -0.2) is 0 Å². The molecule has 182 valence electrons. The second kappa shape index (κ2) is 7.91. The van der Waals surface area contributed by atoms with Crippen molar-refractivity contribution in [3.8, 4) is 5.69 Å². The van der Waals surface area contributed by atoms with E-state index in [-0.39, 0.29) is 45.6 Å². The molecule has 3 fully saturated rings. The number of carboxylic acid groups (broad SMARTS) is 1. The summed E-state index contributed by atoms with van der Waals surface area (Å²) in [7, 11) is 0. The lowest BCUT2D eigenvalue weighted by atomic mass is 9.68. The topological polar surface area (TPSA) is 96.7 Å². The van der Waals surface area contributed by atoms with Crippen LogP contribution >= 0.6 is 23.1 Å². The zero-order valence-electron chi connectivity index (χ0n) is 19.0. The monoisotopic (exact) mass is 518 g/mol. The number of thioether (sulfide) groups is 1. The summed E-state index contributed by atoms with van der Waals surface area (Å²) >= 11 is 2.95. The van der Waals surface area contributed by atoms with Crippen LogP contribution in [0, 0.1) is 29.6 Å². The van der Waals surface area contributed by atoms with Crippen LogP contribution in [0.5, 0.6) is 0 Å². The Hall–Kier alpha value is -3.17. The number of aliphatic carboxylic acids is 1. The molecule has 3 heterocycles. The molecule has 2 aliphatic heterocycles. The van der Waals surface area contributed by atoms with Gasteiger partial charge in [0.1, 0.15) is 6.54 Å². The molecule has 1 aromatic heterocycles. The Labute approximate surface area is 214 Å². The minimum atomic E-state index is -1.17. The van der Waals surface area contributed by atoms with Crippen LogP contribution in [0.3, 0.4) is 0 Å². The number of aromatic nitrogens is 1. The van der Waals surface area contributed by atoms with Gasteiger partial charge in [0.25, 0.3) is 0 Å². The maximum atomic E-state index is 13.3. The van der Waals surface area contributed by atoms with E-state index in [0.29, 0.717) is 0 Å². The molecule has 4 aliphatic rings. The van der Waals surface area contributed by atoms with Gasteiger partial charge in [-0.2, -0.15) is 0 Å². The predicted molar refractivity (Wildman–Crippen MR) is 134 cm³/mol. The molecule has 7 atom stereocenters. The van der Waals surface area contributed by atoms with Crippen molar-refractivity contribution in [1.82, 2.24) is 9.47 Å². The minimum Gasteiger partial charge on any atom is -0.480 e. The van der Waals surface area contributed by atoms with Gasteiger partial charge in [-0.1, -0.05) is 59.9 Å². The van der Waals surface area contributed by atoms with Crippen LogP contribution in [0.25, 0.3) is 5.69 Å². The molecular formula is C27H22N2O5S2. The minimum absolute atomic E-state index is 0.0199. The van der Waals surface area contributed by atoms with Crippen molar-refractivity contribution in [2.24, 2.45) is 29.6 Å². The number of amides is 2. The quantitative estimate of drug-likeness (QED) is 0.532. The first-order valence-corrected chi connectivity index (χ1v) is 13.7. The number of thiazole rings is 1. The molecule has 1 N–H and O–H groups in total. The van der Waals surface area contributed by atoms with Crippen LogP contribution in [-0.4, -0.2) is 44.2 Å². The molecule has 2 aliphatic carbocycles. The normalized spacial score (nSPS) is 31.9. The first-order valence-electron chi connectivity index (χ1n) is 12.1. The Morgan fingerprint density at radius 2 is 1.56 bits per heavy atom. The number of hydrogen-bond donors (Lipinski definition) is 1. The Kier molecular flexibility index (Phi) is 4.85. The van der Waals surface area contributed by atoms with Gasteiger partial charge < -0.3 is 5.11 Å². The lowest BCUT2D eigenvalue weighted by molar-refractivity contribution is -0.149. The van der Waals surface area contributed by atoms with Crippen LogP contribution < -0.4 is 4.87 Å². The summed E-state index contributed by atoms with van der Waals surface area (Å²) in [5.74, 6) is -2.79. The second-order valence-electron chi connectivity index (χ2n) is 10.0. The van der Waals surface area contributed by atoms with Crippen LogP contribution in [0.4, 0.5) is 0 Å². The van der Waals surface area contributed by atoms with Gasteiger partial charge in [0.2, 0.25) is 11.8 Å². The number of carbonyl (C=O) groups is 3. The molecule has 2 bridgehead atoms. The summed E-state index contributed by atoms with van der Waals surface area (Å²) in [5, 5.41) is 10.3. The van der Waals surface area contributed by atoms with E-state index in [1.165, 1.54) is 11.3 Å². The first-order chi connectivity index (χ1) is 17.5. The van der Waals surface area contributed by atoms with Crippen molar-refractivity contribution in [1.29, 1.82) is 0 Å². The van der Waals surface area contributed by atoms with Gasteiger partial charge in [0, 0.05) is 16.0 Å². The third-order valence-electron chi connectivity index (χ3n) is 8.43. The van der Waals surface area contributed by atoms with E-state index in [2.05, 4.69) is 12.1 Å².